The second-order valence-electron chi connectivity index (χ2n) is 5.90. The number of hydrogen-bond donors (Lipinski definition) is 1. The zero-order valence-corrected chi connectivity index (χ0v) is 12.0. The van der Waals surface area contributed by atoms with Crippen LogP contribution in [-0.2, 0) is 0 Å². The number of hydrogen-bond acceptors (Lipinski definition) is 2. The summed E-state index contributed by atoms with van der Waals surface area (Å²) >= 11 is 0. The van der Waals surface area contributed by atoms with E-state index in [0.717, 1.165) is 5.92 Å². The average molecular weight is 240 g/mol. The molecule has 17 heavy (non-hydrogen) atoms. The largest absolute Gasteiger partial charge is 0.328 e. The molecule has 102 valence electrons. The highest BCUT2D eigenvalue weighted by molar-refractivity contribution is 4.70. The van der Waals surface area contributed by atoms with Gasteiger partial charge in [-0.15, -0.1) is 0 Å². The Bertz CT molecular complexity index is 180. The van der Waals surface area contributed by atoms with Gasteiger partial charge in [-0.25, -0.2) is 0 Å². The number of rotatable bonds is 7. The van der Waals surface area contributed by atoms with E-state index in [1.165, 1.54) is 71.0 Å². The number of nitrogens with zero attached hydrogens (tertiary/aromatic N) is 1. The van der Waals surface area contributed by atoms with Crippen LogP contribution in [0.2, 0.25) is 0 Å². The lowest BCUT2D eigenvalue weighted by Crippen LogP contribution is -2.26. The Kier molecular flexibility index (Phi) is 7.87. The summed E-state index contributed by atoms with van der Waals surface area (Å²) in [7, 11) is 0. The van der Waals surface area contributed by atoms with Gasteiger partial charge in [-0.1, -0.05) is 26.2 Å². The molecular formula is C15H32N2. The summed E-state index contributed by atoms with van der Waals surface area (Å²) in [5.74, 6) is 1.01. The molecule has 1 aliphatic heterocycles. The van der Waals surface area contributed by atoms with E-state index in [-0.39, 0.29) is 0 Å². The van der Waals surface area contributed by atoms with Crippen molar-refractivity contribution in [3.8, 4) is 0 Å². The van der Waals surface area contributed by atoms with Crippen molar-refractivity contribution in [3.05, 3.63) is 0 Å². The summed E-state index contributed by atoms with van der Waals surface area (Å²) < 4.78 is 0. The van der Waals surface area contributed by atoms with Gasteiger partial charge in [-0.05, 0) is 64.6 Å². The Balaban J connectivity index is 2.09. The van der Waals surface area contributed by atoms with Gasteiger partial charge in [0.2, 0.25) is 0 Å². The molecule has 2 unspecified atom stereocenters. The van der Waals surface area contributed by atoms with Crippen molar-refractivity contribution in [3.63, 3.8) is 0 Å². The quantitative estimate of drug-likeness (QED) is 0.691. The van der Waals surface area contributed by atoms with E-state index >= 15 is 0 Å². The zero-order valence-electron chi connectivity index (χ0n) is 12.0. The van der Waals surface area contributed by atoms with Gasteiger partial charge in [0.15, 0.2) is 0 Å². The lowest BCUT2D eigenvalue weighted by molar-refractivity contribution is 0.272. The highest BCUT2D eigenvalue weighted by atomic mass is 15.1. The summed E-state index contributed by atoms with van der Waals surface area (Å²) in [5.41, 5.74) is 5.77. The van der Waals surface area contributed by atoms with Crippen LogP contribution in [0.1, 0.15) is 65.2 Å². The molecule has 0 aromatic rings. The lowest BCUT2D eigenvalue weighted by Gasteiger charge is -2.20. The summed E-state index contributed by atoms with van der Waals surface area (Å²) in [6, 6.07) is 0.382. The zero-order chi connectivity index (χ0) is 12.5. The fraction of sp³-hybridized carbons (Fsp3) is 1.00. The van der Waals surface area contributed by atoms with Crippen molar-refractivity contribution >= 4 is 0 Å². The molecule has 0 spiro atoms. The van der Waals surface area contributed by atoms with Gasteiger partial charge in [0.05, 0.1) is 0 Å². The van der Waals surface area contributed by atoms with Gasteiger partial charge < -0.3 is 10.6 Å². The Labute approximate surface area is 108 Å². The summed E-state index contributed by atoms with van der Waals surface area (Å²) in [6.07, 6.45) is 10.9. The third kappa shape index (κ3) is 7.05. The first-order valence-electron chi connectivity index (χ1n) is 7.70. The van der Waals surface area contributed by atoms with Crippen LogP contribution < -0.4 is 5.73 Å². The Morgan fingerprint density at radius 3 is 2.76 bits per heavy atom. The first kappa shape index (κ1) is 15.0. The molecular weight excluding hydrogens is 208 g/mol. The maximum Gasteiger partial charge on any atom is 0.00104 e. The van der Waals surface area contributed by atoms with Crippen LogP contribution in [0, 0.1) is 5.92 Å². The molecule has 1 fully saturated rings. The van der Waals surface area contributed by atoms with Crippen molar-refractivity contribution in [2.45, 2.75) is 71.3 Å². The molecule has 1 saturated heterocycles. The van der Waals surface area contributed by atoms with Gasteiger partial charge in [-0.2, -0.15) is 0 Å². The van der Waals surface area contributed by atoms with E-state index in [9.17, 15) is 0 Å². The molecule has 0 saturated carbocycles. The highest BCUT2D eigenvalue weighted by Crippen LogP contribution is 2.22. The summed E-state index contributed by atoms with van der Waals surface area (Å²) in [5, 5.41) is 0. The van der Waals surface area contributed by atoms with Crippen LogP contribution in [-0.4, -0.2) is 30.6 Å². The molecule has 2 atom stereocenters. The van der Waals surface area contributed by atoms with Crippen LogP contribution >= 0.6 is 0 Å². The predicted octanol–water partition coefficient (Wildman–Crippen LogP) is 3.41. The van der Waals surface area contributed by atoms with Crippen molar-refractivity contribution in [1.82, 2.24) is 4.90 Å². The van der Waals surface area contributed by atoms with Crippen molar-refractivity contribution in [2.75, 3.05) is 19.6 Å². The number of likely N-dealkylation sites (tertiary alicyclic amines) is 1. The Hall–Kier alpha value is -0.0800. The second-order valence-corrected chi connectivity index (χ2v) is 5.90. The fourth-order valence-electron chi connectivity index (χ4n) is 2.95. The average Bonchev–Trinajstić information content (AvgIpc) is 2.51. The van der Waals surface area contributed by atoms with Crippen LogP contribution in [0.4, 0.5) is 0 Å². The van der Waals surface area contributed by atoms with Gasteiger partial charge >= 0.3 is 0 Å². The highest BCUT2D eigenvalue weighted by Gasteiger charge is 2.15. The molecule has 0 radical (unpaired) electrons. The van der Waals surface area contributed by atoms with Crippen LogP contribution in [0.3, 0.4) is 0 Å². The predicted molar refractivity (Wildman–Crippen MR) is 76.2 cm³/mol. The van der Waals surface area contributed by atoms with Crippen molar-refractivity contribution in [2.24, 2.45) is 11.7 Å². The van der Waals surface area contributed by atoms with E-state index in [2.05, 4.69) is 18.7 Å². The molecule has 0 aliphatic carbocycles. The second kappa shape index (κ2) is 8.93. The smallest absolute Gasteiger partial charge is 0.00104 e. The molecule has 0 amide bonds. The topological polar surface area (TPSA) is 29.3 Å². The minimum absolute atomic E-state index is 0.382. The molecule has 1 aliphatic rings. The van der Waals surface area contributed by atoms with E-state index in [4.69, 9.17) is 5.73 Å². The fourth-order valence-corrected chi connectivity index (χ4v) is 2.95. The van der Waals surface area contributed by atoms with Crippen LogP contribution in [0.25, 0.3) is 0 Å². The maximum atomic E-state index is 5.77. The summed E-state index contributed by atoms with van der Waals surface area (Å²) in [4.78, 5) is 2.68. The van der Waals surface area contributed by atoms with E-state index in [0.29, 0.717) is 6.04 Å². The molecule has 2 heteroatoms. The molecule has 0 aromatic carbocycles. The molecule has 2 nitrogen and oxygen atoms in total. The van der Waals surface area contributed by atoms with E-state index in [1.54, 1.807) is 0 Å². The van der Waals surface area contributed by atoms with Crippen LogP contribution in [0.5, 0.6) is 0 Å². The lowest BCUT2D eigenvalue weighted by atomic mass is 9.96. The van der Waals surface area contributed by atoms with Gasteiger partial charge in [0.25, 0.3) is 0 Å². The third-order valence-corrected chi connectivity index (χ3v) is 4.02. The van der Waals surface area contributed by atoms with E-state index < -0.39 is 0 Å². The molecule has 1 rings (SSSR count). The number of unbranched alkanes of at least 4 members (excludes halogenated alkanes) is 1. The van der Waals surface area contributed by atoms with Gasteiger partial charge in [0.1, 0.15) is 0 Å². The Morgan fingerprint density at radius 2 is 2.06 bits per heavy atom. The molecule has 0 aromatic heterocycles. The minimum atomic E-state index is 0.382. The molecule has 1 heterocycles. The maximum absolute atomic E-state index is 5.77. The van der Waals surface area contributed by atoms with Crippen molar-refractivity contribution < 1.29 is 0 Å². The monoisotopic (exact) mass is 240 g/mol. The van der Waals surface area contributed by atoms with E-state index in [1.807, 2.05) is 0 Å². The minimum Gasteiger partial charge on any atom is -0.328 e. The molecule has 0 bridgehead atoms. The normalized spacial score (nSPS) is 24.5. The van der Waals surface area contributed by atoms with Gasteiger partial charge in [-0.3, -0.25) is 0 Å². The van der Waals surface area contributed by atoms with Crippen LogP contribution in [0.15, 0.2) is 0 Å². The summed E-state index contributed by atoms with van der Waals surface area (Å²) in [6.45, 7) is 8.39. The standard InChI is InChI=1S/C15H32N2/c1-3-7-15-9-6-12-17(13-10-15)11-5-4-8-14(2)16/h14-15H,3-13,16H2,1-2H3. The SMILES string of the molecule is CCCC1CCCN(CCCCC(C)N)CC1. The first-order valence-corrected chi connectivity index (χ1v) is 7.70. The Morgan fingerprint density at radius 1 is 1.24 bits per heavy atom. The number of nitrogens with two attached hydrogens (primary N) is 1. The molecule has 2 N–H and O–H groups in total. The van der Waals surface area contributed by atoms with Crippen molar-refractivity contribution in [1.29, 1.82) is 0 Å². The first-order chi connectivity index (χ1) is 8.22. The van der Waals surface area contributed by atoms with Gasteiger partial charge in [0, 0.05) is 6.04 Å². The third-order valence-electron chi connectivity index (χ3n) is 4.02.